The molecular formula is C28H28N2O5. The number of aliphatic hydroxyl groups excluding tert-OH is 1. The number of carbonyl (C=O) groups is 2. The summed E-state index contributed by atoms with van der Waals surface area (Å²) in [6.45, 7) is 0.136. The predicted octanol–water partition coefficient (Wildman–Crippen LogP) is 4.39. The summed E-state index contributed by atoms with van der Waals surface area (Å²) in [5.41, 5.74) is 2.80. The molecule has 1 fully saturated rings. The molecule has 0 saturated carbocycles. The molecule has 3 aromatic rings. The molecule has 180 valence electrons. The average Bonchev–Trinajstić information content (AvgIpc) is 3.13. The van der Waals surface area contributed by atoms with Crippen molar-refractivity contribution in [1.82, 2.24) is 4.90 Å². The van der Waals surface area contributed by atoms with E-state index < -0.39 is 17.7 Å². The monoisotopic (exact) mass is 472 g/mol. The fourth-order valence-electron chi connectivity index (χ4n) is 4.35. The summed E-state index contributed by atoms with van der Waals surface area (Å²) in [5.74, 6) is -0.687. The topological polar surface area (TPSA) is 79.3 Å². The lowest BCUT2D eigenvalue weighted by molar-refractivity contribution is -0.140. The van der Waals surface area contributed by atoms with Gasteiger partial charge in [0.1, 0.15) is 17.3 Å². The Hall–Kier alpha value is -4.26. The number of Topliss-reactive ketones (excluding diaryl/α,β-unsaturated/α-hetero) is 1. The van der Waals surface area contributed by atoms with Crippen LogP contribution in [0.4, 0.5) is 5.69 Å². The van der Waals surface area contributed by atoms with E-state index in [0.29, 0.717) is 22.6 Å². The first-order valence-corrected chi connectivity index (χ1v) is 11.2. The Kier molecular flexibility index (Phi) is 6.78. The lowest BCUT2D eigenvalue weighted by Gasteiger charge is -2.26. The molecule has 0 radical (unpaired) electrons. The Morgan fingerprint density at radius 3 is 2.11 bits per heavy atom. The molecule has 7 heteroatoms. The fourth-order valence-corrected chi connectivity index (χ4v) is 4.35. The summed E-state index contributed by atoms with van der Waals surface area (Å²) >= 11 is 0. The summed E-state index contributed by atoms with van der Waals surface area (Å²) in [7, 11) is 6.92. The van der Waals surface area contributed by atoms with E-state index in [2.05, 4.69) is 0 Å². The van der Waals surface area contributed by atoms with Crippen molar-refractivity contribution in [2.75, 3.05) is 33.2 Å². The van der Waals surface area contributed by atoms with Crippen LogP contribution in [0, 0.1) is 0 Å². The van der Waals surface area contributed by atoms with Crippen LogP contribution < -0.4 is 14.4 Å². The number of anilines is 1. The highest BCUT2D eigenvalue weighted by Crippen LogP contribution is 2.42. The number of ether oxygens (including phenoxy) is 2. The third-order valence-corrected chi connectivity index (χ3v) is 6.16. The van der Waals surface area contributed by atoms with E-state index in [1.54, 1.807) is 31.4 Å². The molecule has 3 aromatic carbocycles. The van der Waals surface area contributed by atoms with E-state index in [4.69, 9.17) is 9.47 Å². The second-order valence-electron chi connectivity index (χ2n) is 8.43. The Morgan fingerprint density at radius 1 is 0.886 bits per heavy atom. The predicted molar refractivity (Wildman–Crippen MR) is 135 cm³/mol. The van der Waals surface area contributed by atoms with Crippen molar-refractivity contribution in [1.29, 1.82) is 0 Å². The van der Waals surface area contributed by atoms with Crippen molar-refractivity contribution in [3.05, 3.63) is 95.1 Å². The number of hydrogen-bond acceptors (Lipinski definition) is 6. The second kappa shape index (κ2) is 9.93. The third kappa shape index (κ3) is 4.45. The van der Waals surface area contributed by atoms with Crippen molar-refractivity contribution < 1.29 is 24.2 Å². The molecule has 35 heavy (non-hydrogen) atoms. The summed E-state index contributed by atoms with van der Waals surface area (Å²) in [5, 5.41) is 11.3. The van der Waals surface area contributed by atoms with Gasteiger partial charge in [-0.15, -0.1) is 0 Å². The van der Waals surface area contributed by atoms with Gasteiger partial charge in [0.25, 0.3) is 11.7 Å². The maximum Gasteiger partial charge on any atom is 0.295 e. The van der Waals surface area contributed by atoms with Gasteiger partial charge in [-0.1, -0.05) is 42.5 Å². The third-order valence-electron chi connectivity index (χ3n) is 6.16. The van der Waals surface area contributed by atoms with Crippen LogP contribution >= 0.6 is 0 Å². The van der Waals surface area contributed by atoms with Crippen molar-refractivity contribution in [2.24, 2.45) is 0 Å². The molecule has 1 atom stereocenters. The highest BCUT2D eigenvalue weighted by Gasteiger charge is 2.46. The number of amides is 1. The van der Waals surface area contributed by atoms with Crippen LogP contribution in [0.15, 0.2) is 78.4 Å². The number of carbonyl (C=O) groups excluding carboxylic acids is 2. The van der Waals surface area contributed by atoms with E-state index in [0.717, 1.165) is 11.3 Å². The minimum atomic E-state index is -0.791. The molecule has 0 bridgehead atoms. The fraction of sp³-hybridized carbons (Fsp3) is 0.214. The average molecular weight is 473 g/mol. The number of rotatable bonds is 7. The zero-order valence-corrected chi connectivity index (χ0v) is 20.2. The maximum absolute atomic E-state index is 13.3. The van der Waals surface area contributed by atoms with Gasteiger partial charge >= 0.3 is 0 Å². The molecule has 7 nitrogen and oxygen atoms in total. The van der Waals surface area contributed by atoms with E-state index in [1.165, 1.54) is 12.0 Å². The first kappa shape index (κ1) is 23.9. The molecule has 0 spiro atoms. The van der Waals surface area contributed by atoms with E-state index in [9.17, 15) is 14.7 Å². The zero-order chi connectivity index (χ0) is 25.1. The Labute approximate surface area is 204 Å². The number of nitrogens with zero attached hydrogens (tertiary/aromatic N) is 2. The maximum atomic E-state index is 13.3. The first-order chi connectivity index (χ1) is 16.9. The second-order valence-corrected chi connectivity index (χ2v) is 8.43. The number of hydrogen-bond donors (Lipinski definition) is 1. The number of para-hydroxylation sites is 2. The molecule has 4 rings (SSSR count). The SMILES string of the molecule is COc1ccccc1CN1C(=O)C(=O)/C(=C(\O)c2ccccc2OC)C1c1ccc(N(C)C)cc1. The molecule has 1 N–H and O–H groups in total. The number of benzene rings is 3. The molecular weight excluding hydrogens is 444 g/mol. The molecule has 1 aliphatic heterocycles. The van der Waals surface area contributed by atoms with E-state index in [1.807, 2.05) is 67.5 Å². The van der Waals surface area contributed by atoms with Gasteiger partial charge in [0.05, 0.1) is 37.9 Å². The lowest BCUT2D eigenvalue weighted by Crippen LogP contribution is -2.29. The van der Waals surface area contributed by atoms with E-state index in [-0.39, 0.29) is 17.9 Å². The Balaban J connectivity index is 1.89. The largest absolute Gasteiger partial charge is 0.507 e. The summed E-state index contributed by atoms with van der Waals surface area (Å²) in [6, 6.07) is 21.0. The Morgan fingerprint density at radius 2 is 1.49 bits per heavy atom. The van der Waals surface area contributed by atoms with Crippen molar-refractivity contribution >= 4 is 23.1 Å². The van der Waals surface area contributed by atoms with Crippen LogP contribution in [0.5, 0.6) is 11.5 Å². The summed E-state index contributed by atoms with van der Waals surface area (Å²) < 4.78 is 10.9. The van der Waals surface area contributed by atoms with Gasteiger partial charge in [0.15, 0.2) is 0 Å². The van der Waals surface area contributed by atoms with Crippen molar-refractivity contribution in [3.63, 3.8) is 0 Å². The van der Waals surface area contributed by atoms with Gasteiger partial charge in [-0.3, -0.25) is 9.59 Å². The van der Waals surface area contributed by atoms with Gasteiger partial charge < -0.3 is 24.4 Å². The standard InChI is InChI=1S/C28H28N2O5/c1-29(2)20-15-13-18(14-16-20)25-24(26(31)21-10-6-8-12-23(21)35-4)27(32)28(33)30(25)17-19-9-5-7-11-22(19)34-3/h5-16,25,31H,17H2,1-4H3/b26-24-. The molecule has 1 unspecified atom stereocenters. The summed E-state index contributed by atoms with van der Waals surface area (Å²) in [6.07, 6.45) is 0. The van der Waals surface area contributed by atoms with Crippen LogP contribution in [-0.2, 0) is 16.1 Å². The number of methoxy groups -OCH3 is 2. The molecule has 1 heterocycles. The zero-order valence-electron chi connectivity index (χ0n) is 20.2. The van der Waals surface area contributed by atoms with Crippen molar-refractivity contribution in [2.45, 2.75) is 12.6 Å². The lowest BCUT2D eigenvalue weighted by atomic mass is 9.94. The van der Waals surface area contributed by atoms with Gasteiger partial charge in [0, 0.05) is 25.3 Å². The highest BCUT2D eigenvalue weighted by atomic mass is 16.5. The molecule has 0 aromatic heterocycles. The quantitative estimate of drug-likeness (QED) is 0.312. The first-order valence-electron chi connectivity index (χ1n) is 11.2. The van der Waals surface area contributed by atoms with Gasteiger partial charge in [-0.25, -0.2) is 0 Å². The summed E-state index contributed by atoms with van der Waals surface area (Å²) in [4.78, 5) is 30.1. The van der Waals surface area contributed by atoms with Crippen LogP contribution in [-0.4, -0.2) is 50.0 Å². The van der Waals surface area contributed by atoms with Crippen LogP contribution in [0.3, 0.4) is 0 Å². The normalized spacial score (nSPS) is 16.9. The van der Waals surface area contributed by atoms with E-state index >= 15 is 0 Å². The minimum Gasteiger partial charge on any atom is -0.507 e. The Bertz CT molecular complexity index is 1280. The van der Waals surface area contributed by atoms with Gasteiger partial charge in [-0.2, -0.15) is 0 Å². The minimum absolute atomic E-state index is 0.0204. The van der Waals surface area contributed by atoms with Gasteiger partial charge in [0.2, 0.25) is 0 Å². The molecule has 1 aliphatic rings. The molecule has 1 saturated heterocycles. The molecule has 0 aliphatic carbocycles. The van der Waals surface area contributed by atoms with Crippen LogP contribution in [0.25, 0.3) is 5.76 Å². The van der Waals surface area contributed by atoms with Crippen molar-refractivity contribution in [3.8, 4) is 11.5 Å². The highest BCUT2D eigenvalue weighted by molar-refractivity contribution is 6.46. The number of aliphatic hydroxyl groups is 1. The number of ketones is 1. The molecule has 1 amide bonds. The number of likely N-dealkylation sites (tertiary alicyclic amines) is 1. The van der Waals surface area contributed by atoms with Crippen LogP contribution in [0.1, 0.15) is 22.7 Å². The van der Waals surface area contributed by atoms with Crippen LogP contribution in [0.2, 0.25) is 0 Å². The van der Waals surface area contributed by atoms with Gasteiger partial charge in [-0.05, 0) is 35.9 Å². The smallest absolute Gasteiger partial charge is 0.295 e.